The van der Waals surface area contributed by atoms with Gasteiger partial charge in [0.2, 0.25) is 13.1 Å². The first kappa shape index (κ1) is 25.0. The van der Waals surface area contributed by atoms with Crippen LogP contribution in [-0.4, -0.2) is 75.1 Å². The van der Waals surface area contributed by atoms with Crippen molar-refractivity contribution in [3.63, 3.8) is 0 Å². The maximum atomic E-state index is 11.0. The average Bonchev–Trinajstić information content (AvgIpc) is 2.55. The smallest absolute Gasteiger partial charge is 0.257 e. The topological polar surface area (TPSA) is 265 Å². The fourth-order valence-corrected chi connectivity index (χ4v) is 2.08. The van der Waals surface area contributed by atoms with E-state index in [0.29, 0.717) is 0 Å². The molecule has 0 aliphatic carbocycles. The molecule has 0 fully saturated rings. The molecule has 0 saturated heterocycles. The molecule has 0 heterocycles. The third-order valence-electron chi connectivity index (χ3n) is 2.96. The maximum absolute atomic E-state index is 11.0. The van der Waals surface area contributed by atoms with Crippen LogP contribution < -0.4 is 0 Å². The van der Waals surface area contributed by atoms with Crippen LogP contribution in [0.2, 0.25) is 0 Å². The number of hydrazine groups is 2. The lowest BCUT2D eigenvalue weighted by molar-refractivity contribution is -0.778. The molecule has 0 aromatic carbocycles. The molecule has 158 valence electrons. The Morgan fingerprint density at radius 2 is 0.786 bits per heavy atom. The quantitative estimate of drug-likeness (QED) is 0.0901. The van der Waals surface area contributed by atoms with Crippen molar-refractivity contribution in [1.29, 1.82) is 0 Å². The first-order valence-corrected chi connectivity index (χ1v) is 7.92. The van der Waals surface area contributed by atoms with E-state index in [4.69, 9.17) is 0 Å². The Hall–Kier alpha value is -3.04. The van der Waals surface area contributed by atoms with E-state index in [9.17, 15) is 60.7 Å². The first-order valence-electron chi connectivity index (χ1n) is 6.34. The van der Waals surface area contributed by atoms with Crippen molar-refractivity contribution in [2.45, 2.75) is 9.14 Å². The number of nitro groups is 6. The van der Waals surface area contributed by atoms with Gasteiger partial charge in [-0.3, -0.25) is 40.5 Å². The minimum absolute atomic E-state index is 0.134. The Kier molecular flexibility index (Phi) is 8.24. The molecule has 0 aliphatic heterocycles. The van der Waals surface area contributed by atoms with E-state index in [1.54, 1.807) is 0 Å². The molecular formula is C6H8Br2N8O12. The summed E-state index contributed by atoms with van der Waals surface area (Å²) >= 11 is 4.26. The highest BCUT2D eigenvalue weighted by molar-refractivity contribution is 9.10. The van der Waals surface area contributed by atoms with Crippen LogP contribution >= 0.6 is 31.9 Å². The number of halogens is 2. The van der Waals surface area contributed by atoms with E-state index < -0.39 is 65.1 Å². The number of alkyl halides is 2. The van der Waals surface area contributed by atoms with Crippen molar-refractivity contribution < 1.29 is 29.8 Å². The van der Waals surface area contributed by atoms with Crippen LogP contribution in [0.15, 0.2) is 0 Å². The van der Waals surface area contributed by atoms with Crippen LogP contribution in [0.1, 0.15) is 0 Å². The van der Waals surface area contributed by atoms with E-state index >= 15 is 0 Å². The lowest BCUT2D eigenvalue weighted by atomic mass is 10.4. The Bertz CT molecular complexity index is 616. The van der Waals surface area contributed by atoms with Gasteiger partial charge in [-0.05, 0) is 0 Å². The van der Waals surface area contributed by atoms with Crippen molar-refractivity contribution in [3.8, 4) is 0 Å². The predicted molar refractivity (Wildman–Crippen MR) is 88.4 cm³/mol. The van der Waals surface area contributed by atoms with Crippen LogP contribution in [0.4, 0.5) is 0 Å². The van der Waals surface area contributed by atoms with Crippen molar-refractivity contribution in [1.82, 2.24) is 10.0 Å². The fraction of sp³-hybridized carbons (Fsp3) is 1.00. The predicted octanol–water partition coefficient (Wildman–Crippen LogP) is -0.822. The highest BCUT2D eigenvalue weighted by Crippen LogP contribution is 2.23. The monoisotopic (exact) mass is 542 g/mol. The normalized spacial score (nSPS) is 11.4. The lowest BCUT2D eigenvalue weighted by Gasteiger charge is -2.20. The van der Waals surface area contributed by atoms with Crippen LogP contribution in [0.3, 0.4) is 0 Å². The summed E-state index contributed by atoms with van der Waals surface area (Å²) in [4.78, 5) is 59.2. The van der Waals surface area contributed by atoms with Gasteiger partial charge in [0.05, 0.1) is 31.9 Å². The van der Waals surface area contributed by atoms with Gasteiger partial charge in [0.25, 0.3) is 0 Å². The zero-order valence-electron chi connectivity index (χ0n) is 13.1. The van der Waals surface area contributed by atoms with Crippen LogP contribution in [0, 0.1) is 60.7 Å². The largest absolute Gasteiger partial charge is 0.533 e. The molecule has 0 unspecified atom stereocenters. The van der Waals surface area contributed by atoms with Gasteiger partial charge in [-0.2, -0.15) is 0 Å². The molecular weight excluding hydrogens is 536 g/mol. The molecule has 28 heavy (non-hydrogen) atoms. The third kappa shape index (κ3) is 5.73. The summed E-state index contributed by atoms with van der Waals surface area (Å²) in [7, 11) is 0. The fourth-order valence-electron chi connectivity index (χ4n) is 1.50. The molecule has 0 saturated carbocycles. The van der Waals surface area contributed by atoms with E-state index in [2.05, 4.69) is 31.9 Å². The maximum Gasteiger partial charge on any atom is 0.533 e. The van der Waals surface area contributed by atoms with Gasteiger partial charge in [-0.15, -0.1) is 10.0 Å². The van der Waals surface area contributed by atoms with Crippen LogP contribution in [-0.2, 0) is 0 Å². The molecule has 22 heteroatoms. The summed E-state index contributed by atoms with van der Waals surface area (Å²) in [5.41, 5.74) is 0. The highest BCUT2D eigenvalue weighted by Gasteiger charge is 2.59. The zero-order chi connectivity index (χ0) is 22.4. The summed E-state index contributed by atoms with van der Waals surface area (Å²) < 4.78 is -6.44. The van der Waals surface area contributed by atoms with Crippen molar-refractivity contribution in [2.75, 3.05) is 26.2 Å². The third-order valence-corrected chi connectivity index (χ3v) is 4.62. The van der Waals surface area contributed by atoms with Crippen LogP contribution in [0.25, 0.3) is 0 Å². The molecule has 0 bridgehead atoms. The molecule has 0 N–H and O–H groups in total. The molecule has 0 aliphatic rings. The average molecular weight is 544 g/mol. The second-order valence-corrected chi connectivity index (χ2v) is 7.26. The highest BCUT2D eigenvalue weighted by atomic mass is 79.9. The van der Waals surface area contributed by atoms with E-state index in [0.717, 1.165) is 0 Å². The van der Waals surface area contributed by atoms with Gasteiger partial charge in [-0.25, -0.2) is 20.2 Å². The van der Waals surface area contributed by atoms with Gasteiger partial charge in [0, 0.05) is 0 Å². The van der Waals surface area contributed by atoms with Gasteiger partial charge >= 0.3 is 9.14 Å². The van der Waals surface area contributed by atoms with E-state index in [-0.39, 0.29) is 10.0 Å². The molecule has 0 radical (unpaired) electrons. The number of nitrogens with zero attached hydrogens (tertiary/aromatic N) is 8. The molecule has 0 aromatic heterocycles. The molecule has 0 amide bonds. The molecule has 0 aromatic rings. The Balaban J connectivity index is 5.52. The van der Waals surface area contributed by atoms with Crippen molar-refractivity contribution in [2.24, 2.45) is 0 Å². The molecule has 20 nitrogen and oxygen atoms in total. The summed E-state index contributed by atoms with van der Waals surface area (Å²) in [5, 5.41) is 62.2. The Labute approximate surface area is 168 Å². The lowest BCUT2D eigenvalue weighted by Crippen LogP contribution is -2.55. The van der Waals surface area contributed by atoms with E-state index in [1.165, 1.54) is 0 Å². The van der Waals surface area contributed by atoms with E-state index in [1.807, 2.05) is 0 Å². The second-order valence-electron chi connectivity index (χ2n) is 4.72. The first-order chi connectivity index (χ1) is 12.6. The Morgan fingerprint density at radius 1 is 0.571 bits per heavy atom. The van der Waals surface area contributed by atoms with Crippen molar-refractivity contribution in [3.05, 3.63) is 60.7 Å². The van der Waals surface area contributed by atoms with Gasteiger partial charge in [0.15, 0.2) is 10.1 Å². The van der Waals surface area contributed by atoms with Gasteiger partial charge < -0.3 is 0 Å². The number of hydrogen-bond acceptors (Lipinski definition) is 12. The number of hydrogen-bond donors (Lipinski definition) is 0. The minimum atomic E-state index is -3.22. The summed E-state index contributed by atoms with van der Waals surface area (Å²) in [5.74, 6) is 0. The molecule has 0 spiro atoms. The minimum Gasteiger partial charge on any atom is -0.257 e. The van der Waals surface area contributed by atoms with Gasteiger partial charge in [0.1, 0.15) is 32.8 Å². The standard InChI is InChI=1S/C6H8Br2N8O12/c7-5(11(17)18,12(19)20)3-9(15(25)26)1-2-10(16(27)28)4-6(8,13(21)22)14(23)24/h1-4H2. The summed E-state index contributed by atoms with van der Waals surface area (Å²) in [6.07, 6.45) is 0. The number of rotatable bonds is 13. The molecule has 0 rings (SSSR count). The molecule has 0 atom stereocenters. The van der Waals surface area contributed by atoms with Gasteiger partial charge in [-0.1, -0.05) is 0 Å². The van der Waals surface area contributed by atoms with Crippen LogP contribution in [0.5, 0.6) is 0 Å². The summed E-state index contributed by atoms with van der Waals surface area (Å²) in [6, 6.07) is 0. The SMILES string of the molecule is O=[N+]([O-])N(CCN(CC(Br)([N+](=O)[O-])[N+](=O)[O-])[N+](=O)[O-])CC(Br)([N+](=O)[O-])[N+](=O)[O-]. The Morgan fingerprint density at radius 3 is 0.929 bits per heavy atom. The van der Waals surface area contributed by atoms with Crippen molar-refractivity contribution >= 4 is 31.9 Å². The zero-order valence-corrected chi connectivity index (χ0v) is 16.2. The summed E-state index contributed by atoms with van der Waals surface area (Å²) in [6.45, 7) is -5.14. The second kappa shape index (κ2) is 9.25.